The molecule has 0 saturated carbocycles. The highest BCUT2D eigenvalue weighted by Gasteiger charge is 2.47. The van der Waals surface area contributed by atoms with Crippen LogP contribution in [-0.2, 0) is 6.42 Å². The van der Waals surface area contributed by atoms with Gasteiger partial charge in [0.15, 0.2) is 0 Å². The third kappa shape index (κ3) is 3.14. The number of fused-ring (bicyclic) bond motifs is 1. The maximum Gasteiger partial charge on any atom is 0.274 e. The first kappa shape index (κ1) is 18.9. The Morgan fingerprint density at radius 2 is 2.04 bits per heavy atom. The molecule has 1 amide bonds. The minimum absolute atomic E-state index is 0. The summed E-state index contributed by atoms with van der Waals surface area (Å²) in [6.45, 7) is 6.95. The fourth-order valence-corrected chi connectivity index (χ4v) is 4.62. The van der Waals surface area contributed by atoms with E-state index in [9.17, 15) is 4.79 Å². The second kappa shape index (κ2) is 7.41. The number of nitrogens with zero attached hydrogens (tertiary/aromatic N) is 3. The van der Waals surface area contributed by atoms with Gasteiger partial charge in [0.05, 0.1) is 0 Å². The van der Waals surface area contributed by atoms with Gasteiger partial charge in [0.2, 0.25) is 0 Å². The molecule has 0 bridgehead atoms. The molecule has 140 valence electrons. The van der Waals surface area contributed by atoms with Gasteiger partial charge in [-0.15, -0.1) is 12.4 Å². The Labute approximate surface area is 161 Å². The summed E-state index contributed by atoms with van der Waals surface area (Å²) < 4.78 is 0. The highest BCUT2D eigenvalue weighted by Crippen LogP contribution is 2.45. The Morgan fingerprint density at radius 3 is 2.73 bits per heavy atom. The Hall–Kier alpha value is -1.85. The third-order valence-electron chi connectivity index (χ3n) is 5.92. The predicted octanol–water partition coefficient (Wildman–Crippen LogP) is 3.08. The molecule has 3 heterocycles. The Morgan fingerprint density at radius 1 is 1.27 bits per heavy atom. The number of halogens is 1. The van der Waals surface area contributed by atoms with Crippen molar-refractivity contribution in [1.29, 1.82) is 0 Å². The number of benzene rings is 1. The van der Waals surface area contributed by atoms with E-state index in [0.29, 0.717) is 23.6 Å². The van der Waals surface area contributed by atoms with Crippen LogP contribution >= 0.6 is 12.4 Å². The average molecular weight is 375 g/mol. The van der Waals surface area contributed by atoms with Gasteiger partial charge in [0.1, 0.15) is 5.69 Å². The minimum atomic E-state index is 0. The first-order chi connectivity index (χ1) is 12.1. The van der Waals surface area contributed by atoms with E-state index in [1.807, 2.05) is 11.0 Å². The normalized spacial score (nSPS) is 25.2. The number of aromatic amines is 1. The number of carbonyl (C=O) groups excluding carboxylic acids is 1. The smallest absolute Gasteiger partial charge is 0.274 e. The monoisotopic (exact) mass is 374 g/mol. The maximum atomic E-state index is 12.8. The summed E-state index contributed by atoms with van der Waals surface area (Å²) in [4.78, 5) is 17.3. The molecule has 0 radical (unpaired) electrons. The summed E-state index contributed by atoms with van der Waals surface area (Å²) in [6, 6.07) is 10.9. The van der Waals surface area contributed by atoms with Gasteiger partial charge < -0.3 is 4.90 Å². The van der Waals surface area contributed by atoms with Crippen molar-refractivity contribution in [3.63, 3.8) is 0 Å². The molecule has 0 aliphatic carbocycles. The number of nitrogens with one attached hydrogen (secondary N) is 1. The predicted molar refractivity (Wildman–Crippen MR) is 105 cm³/mol. The maximum absolute atomic E-state index is 12.8. The van der Waals surface area contributed by atoms with Crippen molar-refractivity contribution >= 4 is 18.3 Å². The molecule has 0 spiro atoms. The Bertz CT molecular complexity index is 790. The van der Waals surface area contributed by atoms with Crippen molar-refractivity contribution in [2.75, 3.05) is 26.7 Å². The fraction of sp³-hybridized carbons (Fsp3) is 0.500. The molecule has 1 aromatic carbocycles. The third-order valence-corrected chi connectivity index (χ3v) is 5.92. The van der Waals surface area contributed by atoms with E-state index in [-0.39, 0.29) is 18.3 Å². The first-order valence-electron chi connectivity index (χ1n) is 9.17. The first-order valence-corrected chi connectivity index (χ1v) is 9.17. The molecule has 1 N–H and O–H groups in total. The van der Waals surface area contributed by atoms with Gasteiger partial charge in [0.25, 0.3) is 5.91 Å². The van der Waals surface area contributed by atoms with Crippen molar-refractivity contribution in [2.45, 2.75) is 26.3 Å². The molecule has 2 fully saturated rings. The van der Waals surface area contributed by atoms with Crippen LogP contribution in [0.5, 0.6) is 0 Å². The van der Waals surface area contributed by atoms with Crippen molar-refractivity contribution in [2.24, 2.45) is 11.8 Å². The van der Waals surface area contributed by atoms with E-state index < -0.39 is 0 Å². The van der Waals surface area contributed by atoms with Gasteiger partial charge in [-0.1, -0.05) is 31.2 Å². The molecular formula is C20H27ClN4O. The number of aryl methyl sites for hydroxylation is 2. The average Bonchev–Trinajstić information content (AvgIpc) is 3.29. The van der Waals surface area contributed by atoms with Crippen LogP contribution in [0.15, 0.2) is 30.3 Å². The SMILES string of the molecule is CCc1cc(C(=O)N2C[C@@H]3CN(C)[C@@H](c4ccccc4C)[C@@H]3C2)n[nH]1.Cl. The summed E-state index contributed by atoms with van der Waals surface area (Å²) >= 11 is 0. The standard InChI is InChI=1S/C20H26N4O.ClH/c1-4-15-9-18(22-21-15)20(25)24-11-14-10-23(3)19(17(14)12-24)16-8-6-5-7-13(16)2;/h5-9,14,17,19H,4,10-12H2,1-3H3,(H,21,22);1H/t14-,17+,19-;/m0./s1. The van der Waals surface area contributed by atoms with Gasteiger partial charge in [-0.3, -0.25) is 14.8 Å². The Kier molecular flexibility index (Phi) is 5.39. The summed E-state index contributed by atoms with van der Waals surface area (Å²) in [7, 11) is 2.21. The molecule has 6 heteroatoms. The summed E-state index contributed by atoms with van der Waals surface area (Å²) in [5.74, 6) is 1.11. The van der Waals surface area contributed by atoms with Crippen molar-refractivity contribution in [3.8, 4) is 0 Å². The zero-order chi connectivity index (χ0) is 17.6. The van der Waals surface area contributed by atoms with Crippen molar-refractivity contribution in [1.82, 2.24) is 20.0 Å². The summed E-state index contributed by atoms with van der Waals surface area (Å²) in [5.41, 5.74) is 4.31. The zero-order valence-corrected chi connectivity index (χ0v) is 16.4. The second-order valence-electron chi connectivity index (χ2n) is 7.51. The summed E-state index contributed by atoms with van der Waals surface area (Å²) in [5, 5.41) is 7.16. The molecule has 5 nitrogen and oxygen atoms in total. The largest absolute Gasteiger partial charge is 0.337 e. The number of amides is 1. The number of H-pyrrole nitrogens is 1. The van der Waals surface area contributed by atoms with Crippen LogP contribution in [0, 0.1) is 18.8 Å². The number of carbonyl (C=O) groups is 1. The highest BCUT2D eigenvalue weighted by atomic mass is 35.5. The number of likely N-dealkylation sites (tertiary alicyclic amines) is 2. The second-order valence-corrected chi connectivity index (χ2v) is 7.51. The number of aromatic nitrogens is 2. The lowest BCUT2D eigenvalue weighted by Crippen LogP contribution is -2.33. The molecule has 2 aromatic rings. The minimum Gasteiger partial charge on any atom is -0.337 e. The van der Waals surface area contributed by atoms with Crippen LogP contribution in [0.3, 0.4) is 0 Å². The van der Waals surface area contributed by atoms with Crippen LogP contribution in [0.25, 0.3) is 0 Å². The van der Waals surface area contributed by atoms with Crippen molar-refractivity contribution in [3.05, 3.63) is 52.8 Å². The zero-order valence-electron chi connectivity index (χ0n) is 15.6. The molecule has 26 heavy (non-hydrogen) atoms. The van der Waals surface area contributed by atoms with Crippen molar-refractivity contribution < 1.29 is 4.79 Å². The van der Waals surface area contributed by atoms with Gasteiger partial charge in [-0.25, -0.2) is 0 Å². The molecule has 3 atom stereocenters. The van der Waals surface area contributed by atoms with E-state index in [1.165, 1.54) is 11.1 Å². The van der Waals surface area contributed by atoms with Crippen LogP contribution in [0.4, 0.5) is 0 Å². The highest BCUT2D eigenvalue weighted by molar-refractivity contribution is 5.92. The number of hydrogen-bond acceptors (Lipinski definition) is 3. The van der Waals surface area contributed by atoms with E-state index in [1.54, 1.807) is 0 Å². The topological polar surface area (TPSA) is 52.2 Å². The lowest BCUT2D eigenvalue weighted by Gasteiger charge is -2.27. The van der Waals surface area contributed by atoms with E-state index >= 15 is 0 Å². The van der Waals surface area contributed by atoms with Gasteiger partial charge in [-0.2, -0.15) is 5.10 Å². The molecule has 2 aliphatic rings. The van der Waals surface area contributed by atoms with Crippen LogP contribution in [0.1, 0.15) is 40.3 Å². The molecule has 0 unspecified atom stereocenters. The number of hydrogen-bond donors (Lipinski definition) is 1. The van der Waals surface area contributed by atoms with Gasteiger partial charge in [-0.05, 0) is 43.5 Å². The molecule has 1 aromatic heterocycles. The van der Waals surface area contributed by atoms with Crippen LogP contribution in [0.2, 0.25) is 0 Å². The molecule has 2 saturated heterocycles. The van der Waals surface area contributed by atoms with E-state index in [4.69, 9.17) is 0 Å². The van der Waals surface area contributed by atoms with Crippen LogP contribution in [-0.4, -0.2) is 52.6 Å². The lowest BCUT2D eigenvalue weighted by atomic mass is 9.88. The Balaban J connectivity index is 0.00000196. The molecular weight excluding hydrogens is 348 g/mol. The quantitative estimate of drug-likeness (QED) is 0.898. The number of rotatable bonds is 3. The van der Waals surface area contributed by atoms with Crippen LogP contribution < -0.4 is 0 Å². The molecule has 2 aliphatic heterocycles. The van der Waals surface area contributed by atoms with E-state index in [2.05, 4.69) is 60.3 Å². The summed E-state index contributed by atoms with van der Waals surface area (Å²) in [6.07, 6.45) is 0.867. The molecule has 4 rings (SSSR count). The van der Waals surface area contributed by atoms with Gasteiger partial charge in [0, 0.05) is 37.3 Å². The van der Waals surface area contributed by atoms with E-state index in [0.717, 1.165) is 31.7 Å². The lowest BCUT2D eigenvalue weighted by molar-refractivity contribution is 0.0762. The fourth-order valence-electron chi connectivity index (χ4n) is 4.62. The van der Waals surface area contributed by atoms with Gasteiger partial charge >= 0.3 is 0 Å².